The normalized spacial score (nSPS) is 11.2. The first-order chi connectivity index (χ1) is 8.74. The topological polar surface area (TPSA) is 43.4 Å². The highest BCUT2D eigenvalue weighted by molar-refractivity contribution is 5.90. The Morgan fingerprint density at radius 1 is 1.21 bits per heavy atom. The van der Waals surface area contributed by atoms with E-state index in [9.17, 15) is 22.8 Å². The number of hydrogen-bond acceptors (Lipinski definition) is 3. The van der Waals surface area contributed by atoms with Crippen LogP contribution in [0.3, 0.4) is 0 Å². The summed E-state index contributed by atoms with van der Waals surface area (Å²) in [4.78, 5) is 22.5. The zero-order valence-corrected chi connectivity index (χ0v) is 10.5. The predicted molar refractivity (Wildman–Crippen MR) is 61.8 cm³/mol. The molecule has 0 fully saturated rings. The second-order valence-corrected chi connectivity index (χ2v) is 4.02. The van der Waals surface area contributed by atoms with Gasteiger partial charge < -0.3 is 4.74 Å². The first-order valence-electron chi connectivity index (χ1n) is 5.61. The number of ketones is 1. The molecule has 0 saturated carbocycles. The summed E-state index contributed by atoms with van der Waals surface area (Å²) in [5, 5.41) is 0. The van der Waals surface area contributed by atoms with Gasteiger partial charge in [-0.25, -0.2) is 4.79 Å². The Bertz CT molecular complexity index is 492. The van der Waals surface area contributed by atoms with Gasteiger partial charge in [-0.2, -0.15) is 13.2 Å². The Hall–Kier alpha value is -1.85. The molecule has 1 aromatic rings. The van der Waals surface area contributed by atoms with Crippen molar-refractivity contribution in [2.75, 3.05) is 6.61 Å². The minimum atomic E-state index is -4.58. The molecule has 0 saturated heterocycles. The average molecular weight is 274 g/mol. The monoisotopic (exact) mass is 274 g/mol. The molecule has 0 aliphatic heterocycles. The van der Waals surface area contributed by atoms with Crippen molar-refractivity contribution in [3.05, 3.63) is 34.9 Å². The number of alkyl halides is 3. The zero-order valence-electron chi connectivity index (χ0n) is 10.5. The molecule has 0 radical (unpaired) electrons. The number of rotatable bonds is 4. The van der Waals surface area contributed by atoms with E-state index in [-0.39, 0.29) is 29.9 Å². The Morgan fingerprint density at radius 3 is 2.32 bits per heavy atom. The number of ether oxygens (including phenoxy) is 1. The summed E-state index contributed by atoms with van der Waals surface area (Å²) in [6, 6.07) is 2.83. The van der Waals surface area contributed by atoms with E-state index in [0.29, 0.717) is 0 Å². The molecule has 0 heterocycles. The Balaban J connectivity index is 3.23. The van der Waals surface area contributed by atoms with Crippen LogP contribution in [0, 0.1) is 0 Å². The van der Waals surface area contributed by atoms with E-state index in [1.807, 2.05) is 0 Å². The van der Waals surface area contributed by atoms with Gasteiger partial charge in [0.25, 0.3) is 0 Å². The van der Waals surface area contributed by atoms with E-state index in [1.165, 1.54) is 13.0 Å². The molecular weight excluding hydrogens is 261 g/mol. The van der Waals surface area contributed by atoms with E-state index < -0.39 is 17.7 Å². The Labute approximate surface area is 108 Å². The second kappa shape index (κ2) is 5.86. The number of benzene rings is 1. The van der Waals surface area contributed by atoms with Gasteiger partial charge in [-0.05, 0) is 37.6 Å². The van der Waals surface area contributed by atoms with Crippen molar-refractivity contribution in [2.24, 2.45) is 0 Å². The summed E-state index contributed by atoms with van der Waals surface area (Å²) in [6.45, 7) is 2.89. The van der Waals surface area contributed by atoms with Crippen molar-refractivity contribution in [3.63, 3.8) is 0 Å². The SMILES string of the molecule is CCOC(=O)c1cc(CC(C)=O)cc(C(F)(F)F)c1. The number of carbonyl (C=O) groups is 2. The van der Waals surface area contributed by atoms with Crippen molar-refractivity contribution >= 4 is 11.8 Å². The van der Waals surface area contributed by atoms with Crippen molar-refractivity contribution in [1.82, 2.24) is 0 Å². The van der Waals surface area contributed by atoms with Crippen molar-refractivity contribution < 1.29 is 27.5 Å². The summed E-state index contributed by atoms with van der Waals surface area (Å²) in [6.07, 6.45) is -4.73. The molecule has 1 aromatic carbocycles. The molecule has 6 heteroatoms. The maximum Gasteiger partial charge on any atom is 0.416 e. The molecule has 0 atom stereocenters. The highest BCUT2D eigenvalue weighted by Gasteiger charge is 2.32. The fraction of sp³-hybridized carbons (Fsp3) is 0.385. The van der Waals surface area contributed by atoms with Crippen LogP contribution in [0.5, 0.6) is 0 Å². The Morgan fingerprint density at radius 2 is 1.84 bits per heavy atom. The molecule has 0 unspecified atom stereocenters. The van der Waals surface area contributed by atoms with Crippen LogP contribution in [-0.4, -0.2) is 18.4 Å². The van der Waals surface area contributed by atoms with Gasteiger partial charge in [0.2, 0.25) is 0 Å². The largest absolute Gasteiger partial charge is 0.462 e. The second-order valence-electron chi connectivity index (χ2n) is 4.02. The van der Waals surface area contributed by atoms with Crippen molar-refractivity contribution in [2.45, 2.75) is 26.4 Å². The van der Waals surface area contributed by atoms with Gasteiger partial charge >= 0.3 is 12.1 Å². The number of esters is 1. The molecule has 0 bridgehead atoms. The van der Waals surface area contributed by atoms with E-state index in [1.54, 1.807) is 6.92 Å². The predicted octanol–water partition coefficient (Wildman–Crippen LogP) is 3.01. The standard InChI is InChI=1S/C13H13F3O3/c1-3-19-12(18)10-5-9(4-8(2)17)6-11(7-10)13(14,15)16/h5-7H,3-4H2,1-2H3. The molecule has 0 aliphatic rings. The molecule has 0 amide bonds. The highest BCUT2D eigenvalue weighted by Crippen LogP contribution is 2.31. The van der Waals surface area contributed by atoms with E-state index in [0.717, 1.165) is 12.1 Å². The molecule has 0 spiro atoms. The van der Waals surface area contributed by atoms with Gasteiger partial charge in [0.1, 0.15) is 5.78 Å². The summed E-state index contributed by atoms with van der Waals surface area (Å²) in [5.41, 5.74) is -1.02. The number of hydrogen-bond donors (Lipinski definition) is 0. The summed E-state index contributed by atoms with van der Waals surface area (Å²) < 4.78 is 42.8. The van der Waals surface area contributed by atoms with Gasteiger partial charge in [0.05, 0.1) is 17.7 Å². The molecule has 1 rings (SSSR count). The fourth-order valence-corrected chi connectivity index (χ4v) is 1.58. The summed E-state index contributed by atoms with van der Waals surface area (Å²) >= 11 is 0. The number of Topliss-reactive ketones (excluding diaryl/α,β-unsaturated/α-hetero) is 1. The number of halogens is 3. The number of carbonyl (C=O) groups excluding carboxylic acids is 2. The molecular formula is C13H13F3O3. The fourth-order valence-electron chi connectivity index (χ4n) is 1.58. The third-order valence-electron chi connectivity index (χ3n) is 2.28. The van der Waals surface area contributed by atoms with Crippen molar-refractivity contribution in [3.8, 4) is 0 Å². The minimum Gasteiger partial charge on any atom is -0.462 e. The van der Waals surface area contributed by atoms with Gasteiger partial charge in [-0.1, -0.05) is 0 Å². The van der Waals surface area contributed by atoms with E-state index >= 15 is 0 Å². The lowest BCUT2D eigenvalue weighted by molar-refractivity contribution is -0.137. The lowest BCUT2D eigenvalue weighted by atomic mass is 10.0. The zero-order chi connectivity index (χ0) is 14.6. The van der Waals surface area contributed by atoms with Crippen LogP contribution in [0.2, 0.25) is 0 Å². The van der Waals surface area contributed by atoms with Crippen LogP contribution in [0.25, 0.3) is 0 Å². The van der Waals surface area contributed by atoms with Crippen LogP contribution in [-0.2, 0) is 22.1 Å². The molecule has 104 valence electrons. The molecule has 3 nitrogen and oxygen atoms in total. The smallest absolute Gasteiger partial charge is 0.416 e. The minimum absolute atomic E-state index is 0.0666. The van der Waals surface area contributed by atoms with Gasteiger partial charge in [0.15, 0.2) is 0 Å². The third-order valence-corrected chi connectivity index (χ3v) is 2.28. The van der Waals surface area contributed by atoms with Crippen LogP contribution < -0.4 is 0 Å². The lowest BCUT2D eigenvalue weighted by Crippen LogP contribution is -2.12. The molecule has 0 aromatic heterocycles. The molecule has 0 aliphatic carbocycles. The first-order valence-corrected chi connectivity index (χ1v) is 5.61. The third kappa shape index (κ3) is 4.39. The quantitative estimate of drug-likeness (QED) is 0.793. The van der Waals surface area contributed by atoms with Gasteiger partial charge in [0, 0.05) is 6.42 Å². The van der Waals surface area contributed by atoms with Gasteiger partial charge in [-0.15, -0.1) is 0 Å². The first kappa shape index (κ1) is 15.2. The lowest BCUT2D eigenvalue weighted by Gasteiger charge is -2.11. The van der Waals surface area contributed by atoms with Crippen LogP contribution in [0.1, 0.15) is 35.3 Å². The van der Waals surface area contributed by atoms with E-state index in [4.69, 9.17) is 0 Å². The molecule has 0 N–H and O–H groups in total. The maximum absolute atomic E-state index is 12.7. The summed E-state index contributed by atoms with van der Waals surface area (Å²) in [7, 11) is 0. The average Bonchev–Trinajstić information content (AvgIpc) is 2.26. The van der Waals surface area contributed by atoms with Crippen LogP contribution in [0.15, 0.2) is 18.2 Å². The van der Waals surface area contributed by atoms with Gasteiger partial charge in [-0.3, -0.25) is 4.79 Å². The summed E-state index contributed by atoms with van der Waals surface area (Å²) in [5.74, 6) is -1.12. The van der Waals surface area contributed by atoms with E-state index in [2.05, 4.69) is 4.74 Å². The maximum atomic E-state index is 12.7. The van der Waals surface area contributed by atoms with Crippen LogP contribution >= 0.6 is 0 Å². The molecule has 19 heavy (non-hydrogen) atoms. The van der Waals surface area contributed by atoms with Crippen molar-refractivity contribution in [1.29, 1.82) is 0 Å². The Kier molecular flexibility index (Phi) is 4.69. The van der Waals surface area contributed by atoms with Crippen LogP contribution in [0.4, 0.5) is 13.2 Å². The highest BCUT2D eigenvalue weighted by atomic mass is 19.4.